The summed E-state index contributed by atoms with van der Waals surface area (Å²) >= 11 is 9.54. The zero-order valence-electron chi connectivity index (χ0n) is 42.2. The first-order chi connectivity index (χ1) is 35.0. The molecule has 6 aromatic rings. The van der Waals surface area contributed by atoms with Crippen molar-refractivity contribution in [2.24, 2.45) is 15.9 Å². The summed E-state index contributed by atoms with van der Waals surface area (Å²) in [4.78, 5) is 59.5. The van der Waals surface area contributed by atoms with Gasteiger partial charge in [0.1, 0.15) is 35.1 Å². The van der Waals surface area contributed by atoms with Gasteiger partial charge in [-0.25, -0.2) is 4.98 Å². The molecular weight excluding hydrogens is 982 g/mol. The van der Waals surface area contributed by atoms with Crippen molar-refractivity contribution in [3.8, 4) is 22.0 Å². The average Bonchev–Trinajstić information content (AvgIpc) is 4.14. The van der Waals surface area contributed by atoms with E-state index in [0.717, 1.165) is 66.1 Å². The largest absolute Gasteiger partial charge is 0.474 e. The Balaban J connectivity index is 0.799. The zero-order chi connectivity index (χ0) is 51.8. The van der Waals surface area contributed by atoms with Crippen LogP contribution in [-0.2, 0) is 14.4 Å². The second-order valence-corrected chi connectivity index (χ2v) is 21.8. The van der Waals surface area contributed by atoms with Crippen LogP contribution in [0.3, 0.4) is 0 Å². The predicted molar refractivity (Wildman–Crippen MR) is 288 cm³/mol. The quantitative estimate of drug-likeness (QED) is 0.0788. The second-order valence-electron chi connectivity index (χ2n) is 19.4. The number of likely N-dealkylation sites (tertiary alicyclic amines) is 1. The van der Waals surface area contributed by atoms with Crippen molar-refractivity contribution in [3.05, 3.63) is 134 Å². The summed E-state index contributed by atoms with van der Waals surface area (Å²) < 4.78 is 9.90. The Labute approximate surface area is 438 Å². The summed E-state index contributed by atoms with van der Waals surface area (Å²) in [6.07, 6.45) is 7.70. The van der Waals surface area contributed by atoms with E-state index in [-0.39, 0.29) is 61.2 Å². The van der Waals surface area contributed by atoms with Crippen LogP contribution in [0.15, 0.2) is 94.9 Å². The molecule has 1 saturated carbocycles. The summed E-state index contributed by atoms with van der Waals surface area (Å²) in [5.41, 5.74) is 8.14. The SMILES string of the molecule is C=N/C(C)=C(\SC)c1ccc([C@H](C)NC(=O)[C@@H]2C[C@@H](O)CN2C(=O)[C@H](C(C)C)n2cc(-c3ccc(OC4CC(NC(=O)C[C@@H]5N=C(c6ccc(Cl)cc6)c6c(sc(C)c6C)-n6c(C)nnc65)C4)nc3)cn2)cc1. The molecule has 3 aliphatic rings. The van der Waals surface area contributed by atoms with E-state index in [1.54, 1.807) is 46.2 Å². The minimum Gasteiger partial charge on any atom is -0.474 e. The number of aryl methyl sites for hydroxylation is 2. The van der Waals surface area contributed by atoms with E-state index in [0.29, 0.717) is 29.6 Å². The number of aliphatic hydroxyl groups excluding tert-OH is 1. The Morgan fingerprint density at radius 2 is 1.70 bits per heavy atom. The molecule has 380 valence electrons. The maximum atomic E-state index is 14.4. The molecule has 3 N–H and O–H groups in total. The van der Waals surface area contributed by atoms with Crippen LogP contribution >= 0.6 is 34.7 Å². The molecular formula is C54H60ClN11O5S2. The van der Waals surface area contributed by atoms with Gasteiger partial charge in [-0.1, -0.05) is 61.8 Å². The summed E-state index contributed by atoms with van der Waals surface area (Å²) in [6.45, 7) is 17.5. The van der Waals surface area contributed by atoms with Crippen molar-refractivity contribution in [1.29, 1.82) is 0 Å². The molecule has 16 nitrogen and oxygen atoms in total. The number of aliphatic imine (C=N–C) groups is 2. The molecule has 2 fully saturated rings. The molecule has 1 aliphatic carbocycles. The van der Waals surface area contributed by atoms with Crippen molar-refractivity contribution >= 4 is 69.8 Å². The highest BCUT2D eigenvalue weighted by molar-refractivity contribution is 8.07. The summed E-state index contributed by atoms with van der Waals surface area (Å²) in [5, 5.41) is 32.2. The van der Waals surface area contributed by atoms with Gasteiger partial charge in [-0.2, -0.15) is 5.10 Å². The fourth-order valence-electron chi connectivity index (χ4n) is 9.85. The summed E-state index contributed by atoms with van der Waals surface area (Å²) in [7, 11) is 0. The van der Waals surface area contributed by atoms with E-state index in [1.165, 1.54) is 9.78 Å². The number of hydrogen-bond donors (Lipinski definition) is 3. The van der Waals surface area contributed by atoms with Gasteiger partial charge in [-0.15, -0.1) is 33.3 Å². The van der Waals surface area contributed by atoms with Crippen molar-refractivity contribution in [2.75, 3.05) is 12.8 Å². The minimum atomic E-state index is -0.847. The minimum absolute atomic E-state index is 0.0421. The number of ether oxygens (including phenoxy) is 1. The molecule has 6 heterocycles. The topological polar surface area (TPSA) is 194 Å². The fourth-order valence-corrected chi connectivity index (χ4v) is 11.9. The molecule has 0 bridgehead atoms. The number of fused-ring (bicyclic) bond motifs is 3. The molecule has 2 aromatic carbocycles. The number of β-amino-alcohol motifs (C(OH)–C–C–N with tert-alkyl or cyclic N) is 1. The third-order valence-electron chi connectivity index (χ3n) is 14.0. The van der Waals surface area contributed by atoms with Crippen LogP contribution < -0.4 is 15.4 Å². The number of hydrogen-bond acceptors (Lipinski definition) is 13. The summed E-state index contributed by atoms with van der Waals surface area (Å²) in [6, 6.07) is 16.7. The highest BCUT2D eigenvalue weighted by atomic mass is 35.5. The van der Waals surface area contributed by atoms with Gasteiger partial charge in [0.15, 0.2) is 5.82 Å². The molecule has 4 aromatic heterocycles. The van der Waals surface area contributed by atoms with E-state index in [1.807, 2.05) is 106 Å². The van der Waals surface area contributed by atoms with Crippen LogP contribution in [0.4, 0.5) is 0 Å². The van der Waals surface area contributed by atoms with Gasteiger partial charge in [0.25, 0.3) is 0 Å². The van der Waals surface area contributed by atoms with E-state index >= 15 is 0 Å². The molecule has 1 saturated heterocycles. The van der Waals surface area contributed by atoms with Crippen LogP contribution in [0, 0.1) is 26.7 Å². The van der Waals surface area contributed by atoms with Crippen LogP contribution in [-0.4, -0.2) is 107 Å². The number of allylic oxidation sites excluding steroid dienone is 1. The second kappa shape index (κ2) is 21.5. The number of amides is 3. The number of benzene rings is 2. The Morgan fingerprint density at radius 3 is 2.37 bits per heavy atom. The van der Waals surface area contributed by atoms with Gasteiger partial charge < -0.3 is 25.4 Å². The molecule has 0 spiro atoms. The van der Waals surface area contributed by atoms with Gasteiger partial charge >= 0.3 is 0 Å². The first-order valence-electron chi connectivity index (χ1n) is 24.5. The van der Waals surface area contributed by atoms with E-state index < -0.39 is 24.2 Å². The lowest BCUT2D eigenvalue weighted by Gasteiger charge is -2.35. The van der Waals surface area contributed by atoms with Crippen LogP contribution in [0.25, 0.3) is 21.0 Å². The molecule has 3 amide bonds. The van der Waals surface area contributed by atoms with Gasteiger partial charge in [-0.05, 0) is 88.4 Å². The van der Waals surface area contributed by atoms with E-state index in [2.05, 4.69) is 56.5 Å². The number of thiophene rings is 1. The lowest BCUT2D eigenvalue weighted by atomic mass is 9.89. The lowest BCUT2D eigenvalue weighted by Crippen LogP contribution is -2.49. The van der Waals surface area contributed by atoms with E-state index in [4.69, 9.17) is 21.3 Å². The number of pyridine rings is 1. The van der Waals surface area contributed by atoms with Crippen LogP contribution in [0.5, 0.6) is 5.88 Å². The molecule has 2 aliphatic heterocycles. The Morgan fingerprint density at radius 1 is 0.973 bits per heavy atom. The molecule has 9 rings (SSSR count). The number of nitrogens with zero attached hydrogens (tertiary/aromatic N) is 9. The van der Waals surface area contributed by atoms with E-state index in [9.17, 15) is 19.5 Å². The fraction of sp³-hybridized carbons (Fsp3) is 0.389. The smallest absolute Gasteiger partial charge is 0.248 e. The maximum Gasteiger partial charge on any atom is 0.248 e. The monoisotopic (exact) mass is 1040 g/mol. The van der Waals surface area contributed by atoms with Gasteiger partial charge in [-0.3, -0.25) is 33.6 Å². The number of rotatable bonds is 16. The van der Waals surface area contributed by atoms with Gasteiger partial charge in [0.05, 0.1) is 36.2 Å². The summed E-state index contributed by atoms with van der Waals surface area (Å²) in [5.74, 6) is 0.880. The number of halogens is 1. The lowest BCUT2D eigenvalue weighted by molar-refractivity contribution is -0.142. The number of aliphatic hydroxyl groups is 1. The van der Waals surface area contributed by atoms with Crippen molar-refractivity contribution in [3.63, 3.8) is 0 Å². The first kappa shape index (κ1) is 51.4. The number of aromatic nitrogens is 6. The van der Waals surface area contributed by atoms with Gasteiger partial charge in [0, 0.05) is 87.4 Å². The van der Waals surface area contributed by atoms with Crippen molar-refractivity contribution in [1.82, 2.24) is 45.1 Å². The maximum absolute atomic E-state index is 14.4. The molecule has 73 heavy (non-hydrogen) atoms. The normalized spacial score (nSPS) is 20.5. The highest BCUT2D eigenvalue weighted by Gasteiger charge is 2.43. The first-order valence-corrected chi connectivity index (χ1v) is 26.9. The van der Waals surface area contributed by atoms with Gasteiger partial charge in [0.2, 0.25) is 23.6 Å². The van der Waals surface area contributed by atoms with Crippen LogP contribution in [0.2, 0.25) is 5.02 Å². The number of thioether (sulfide) groups is 1. The zero-order valence-corrected chi connectivity index (χ0v) is 44.6. The number of nitrogens with one attached hydrogen (secondary N) is 2. The van der Waals surface area contributed by atoms with Crippen molar-refractivity contribution < 1.29 is 24.2 Å². The highest BCUT2D eigenvalue weighted by Crippen LogP contribution is 2.40. The average molecular weight is 1040 g/mol. The molecule has 0 radical (unpaired) electrons. The Hall–Kier alpha value is -6.47. The Kier molecular flexibility index (Phi) is 15.2. The molecule has 0 unspecified atom stereocenters. The number of carbonyl (C=O) groups excluding carboxylic acids is 3. The number of carbonyl (C=O) groups is 3. The van der Waals surface area contributed by atoms with Crippen LogP contribution in [0.1, 0.15) is 116 Å². The third-order valence-corrected chi connectivity index (χ3v) is 16.4. The Bertz CT molecular complexity index is 3100. The standard InChI is InChI=1S/C54H60ClN11O5S2/c1-28(2)49(53(70)64-27-41(67)22-44(64)52(69)59-30(4)34-10-12-36(13-11-34)50(72-9)31(5)56-8)65-26-38(25-58-65)37-16-19-46(57-24-37)71-42-20-40(21-42)60-45(68)23-43-51-63-62-33(7)66(51)54-47(29(3)32(6)73-54)48(61-43)35-14-17-39(55)18-15-35/h10-19,24-26,28,30,40-44,49,67H,8,20-23,27H2,1-7,9H3,(H,59,69)(H,60,68)/b50-31-/t30-,40?,41+,42?,43-,44-,49-/m0/s1. The molecule has 19 heteroatoms. The third kappa shape index (κ3) is 10.7. The predicted octanol–water partition coefficient (Wildman–Crippen LogP) is 8.96. The molecule has 5 atom stereocenters. The van der Waals surface area contributed by atoms with Crippen molar-refractivity contribution in [2.45, 2.75) is 117 Å².